The molecule has 0 spiro atoms. The first-order chi connectivity index (χ1) is 10.1. The fourth-order valence-corrected chi connectivity index (χ4v) is 2.51. The molecule has 0 aromatic heterocycles. The quantitative estimate of drug-likeness (QED) is 0.268. The minimum atomic E-state index is -0.935. The summed E-state index contributed by atoms with van der Waals surface area (Å²) in [5, 5.41) is 14.6. The molecule has 0 radical (unpaired) electrons. The molecule has 1 unspecified atom stereocenters. The molecule has 1 heterocycles. The zero-order valence-electron chi connectivity index (χ0n) is 12.2. The van der Waals surface area contributed by atoms with Crippen molar-refractivity contribution >= 4 is 17.6 Å². The number of oxime groups is 1. The van der Waals surface area contributed by atoms with Gasteiger partial charge in [0.1, 0.15) is 11.5 Å². The highest BCUT2D eigenvalue weighted by Crippen LogP contribution is 2.47. The van der Waals surface area contributed by atoms with Gasteiger partial charge in [-0.2, -0.15) is 0 Å². The molecule has 118 valence electrons. The predicted octanol–water partition coefficient (Wildman–Crippen LogP) is -0.733. The minimum Gasteiger partial charge on any atom is -0.409 e. The van der Waals surface area contributed by atoms with Gasteiger partial charge in [-0.05, 0) is 19.3 Å². The van der Waals surface area contributed by atoms with E-state index in [9.17, 15) is 9.59 Å². The topological polar surface area (TPSA) is 117 Å². The zero-order chi connectivity index (χ0) is 15.5. The third-order valence-electron chi connectivity index (χ3n) is 4.00. The van der Waals surface area contributed by atoms with Crippen LogP contribution in [0.1, 0.15) is 26.2 Å². The van der Waals surface area contributed by atoms with E-state index in [2.05, 4.69) is 10.5 Å². The molecule has 0 aromatic carbocycles. The smallest absolute Gasteiger partial charge is 0.245 e. The van der Waals surface area contributed by atoms with Gasteiger partial charge in [-0.3, -0.25) is 9.59 Å². The van der Waals surface area contributed by atoms with Crippen molar-refractivity contribution in [1.82, 2.24) is 10.2 Å². The van der Waals surface area contributed by atoms with Crippen LogP contribution in [0.3, 0.4) is 0 Å². The lowest BCUT2D eigenvalue weighted by molar-refractivity contribution is -0.150. The average molecular weight is 298 g/mol. The molecule has 0 aromatic rings. The van der Waals surface area contributed by atoms with Gasteiger partial charge in [-0.1, -0.05) is 12.1 Å². The minimum absolute atomic E-state index is 0.0771. The van der Waals surface area contributed by atoms with Crippen molar-refractivity contribution in [2.24, 2.45) is 16.3 Å². The molecule has 8 nitrogen and oxygen atoms in total. The molecule has 2 amide bonds. The highest BCUT2D eigenvalue weighted by molar-refractivity contribution is 6.10. The molecule has 4 N–H and O–H groups in total. The van der Waals surface area contributed by atoms with Crippen LogP contribution < -0.4 is 11.1 Å². The summed E-state index contributed by atoms with van der Waals surface area (Å²) in [5.41, 5.74) is 4.71. The Kier molecular flexibility index (Phi) is 4.66. The van der Waals surface area contributed by atoms with E-state index in [0.29, 0.717) is 32.5 Å². The molecule has 2 rings (SSSR count). The van der Waals surface area contributed by atoms with Crippen LogP contribution in [-0.2, 0) is 14.3 Å². The second-order valence-electron chi connectivity index (χ2n) is 5.45. The second-order valence-corrected chi connectivity index (χ2v) is 5.45. The number of amides is 2. The molecular formula is C13H22N4O4. The molecule has 21 heavy (non-hydrogen) atoms. The van der Waals surface area contributed by atoms with E-state index in [1.165, 1.54) is 4.90 Å². The maximum Gasteiger partial charge on any atom is 0.245 e. The molecule has 1 atom stereocenters. The molecule has 0 bridgehead atoms. The normalized spacial score (nSPS) is 24.5. The van der Waals surface area contributed by atoms with Crippen molar-refractivity contribution < 1.29 is 19.5 Å². The number of rotatable bonds is 5. The van der Waals surface area contributed by atoms with Crippen LogP contribution >= 0.6 is 0 Å². The van der Waals surface area contributed by atoms with Crippen LogP contribution in [0.15, 0.2) is 5.16 Å². The Hall–Kier alpha value is -1.83. The number of nitrogens with one attached hydrogen (secondary N) is 1. The lowest BCUT2D eigenvalue weighted by atomic mass is 10.0. The van der Waals surface area contributed by atoms with Gasteiger partial charge in [-0.25, -0.2) is 0 Å². The fraction of sp³-hybridized carbons (Fsp3) is 0.769. The predicted molar refractivity (Wildman–Crippen MR) is 74.7 cm³/mol. The summed E-state index contributed by atoms with van der Waals surface area (Å²) in [5.74, 6) is -0.551. The van der Waals surface area contributed by atoms with Gasteiger partial charge in [0.2, 0.25) is 11.8 Å². The molecule has 1 saturated heterocycles. The highest BCUT2D eigenvalue weighted by Gasteiger charge is 2.57. The average Bonchev–Trinajstić information content (AvgIpc) is 3.32. The first-order valence-corrected chi connectivity index (χ1v) is 7.21. The Morgan fingerprint density at radius 1 is 1.52 bits per heavy atom. The number of morpholine rings is 1. The first-order valence-electron chi connectivity index (χ1n) is 7.21. The van der Waals surface area contributed by atoms with Gasteiger partial charge in [-0.15, -0.1) is 0 Å². The molecule has 2 aliphatic rings. The van der Waals surface area contributed by atoms with E-state index in [-0.39, 0.29) is 24.3 Å². The van der Waals surface area contributed by atoms with E-state index in [0.717, 1.165) is 6.42 Å². The van der Waals surface area contributed by atoms with Crippen LogP contribution in [0, 0.1) is 5.41 Å². The van der Waals surface area contributed by atoms with E-state index >= 15 is 0 Å². The number of carbonyl (C=O) groups is 2. The highest BCUT2D eigenvalue weighted by atomic mass is 16.5. The Morgan fingerprint density at radius 3 is 2.81 bits per heavy atom. The third-order valence-corrected chi connectivity index (χ3v) is 4.00. The van der Waals surface area contributed by atoms with Crippen molar-refractivity contribution in [2.75, 3.05) is 26.3 Å². The van der Waals surface area contributed by atoms with Crippen molar-refractivity contribution in [3.8, 4) is 0 Å². The summed E-state index contributed by atoms with van der Waals surface area (Å²) >= 11 is 0. The monoisotopic (exact) mass is 298 g/mol. The SMILES string of the molecule is CCCNC(=O)C1COCCN1C(=O)C1(C(N)=NO)CC1. The van der Waals surface area contributed by atoms with Crippen LogP contribution in [0.4, 0.5) is 0 Å². The Bertz CT molecular complexity index is 447. The molecule has 2 fully saturated rings. The Morgan fingerprint density at radius 2 is 2.24 bits per heavy atom. The van der Waals surface area contributed by atoms with Gasteiger partial charge in [0.25, 0.3) is 0 Å². The summed E-state index contributed by atoms with van der Waals surface area (Å²) < 4.78 is 5.32. The van der Waals surface area contributed by atoms with Gasteiger partial charge >= 0.3 is 0 Å². The van der Waals surface area contributed by atoms with Crippen molar-refractivity contribution in [3.63, 3.8) is 0 Å². The fourth-order valence-electron chi connectivity index (χ4n) is 2.51. The van der Waals surface area contributed by atoms with E-state index in [1.807, 2.05) is 6.92 Å². The second kappa shape index (κ2) is 6.30. The third kappa shape index (κ3) is 2.94. The van der Waals surface area contributed by atoms with Gasteiger partial charge < -0.3 is 25.9 Å². The van der Waals surface area contributed by atoms with Crippen molar-refractivity contribution in [3.05, 3.63) is 0 Å². The number of amidine groups is 1. The molecule has 1 aliphatic carbocycles. The summed E-state index contributed by atoms with van der Waals surface area (Å²) in [6.07, 6.45) is 1.91. The lowest BCUT2D eigenvalue weighted by Gasteiger charge is -2.36. The molecule has 1 aliphatic heterocycles. The Balaban J connectivity index is 2.12. The first kappa shape index (κ1) is 15.6. The van der Waals surface area contributed by atoms with Crippen LogP contribution in [-0.4, -0.2) is 60.1 Å². The van der Waals surface area contributed by atoms with Gasteiger partial charge in [0.15, 0.2) is 5.84 Å². The van der Waals surface area contributed by atoms with Crippen LogP contribution in [0.2, 0.25) is 0 Å². The summed E-state index contributed by atoms with van der Waals surface area (Å²) in [7, 11) is 0. The lowest BCUT2D eigenvalue weighted by Crippen LogP contribution is -2.58. The maximum atomic E-state index is 12.7. The summed E-state index contributed by atoms with van der Waals surface area (Å²) in [6.45, 7) is 3.41. The standard InChI is InChI=1S/C13H22N4O4/c1-2-5-15-10(18)9-8-21-7-6-17(9)12(19)13(3-4-13)11(14)16-20/h9,20H,2-8H2,1H3,(H2,14,16)(H,15,18). The van der Waals surface area contributed by atoms with E-state index in [4.69, 9.17) is 15.7 Å². The number of ether oxygens (including phenoxy) is 1. The number of hydrogen-bond donors (Lipinski definition) is 3. The molecular weight excluding hydrogens is 276 g/mol. The van der Waals surface area contributed by atoms with Gasteiger partial charge in [0, 0.05) is 13.1 Å². The van der Waals surface area contributed by atoms with Crippen molar-refractivity contribution in [1.29, 1.82) is 0 Å². The number of nitrogens with zero attached hydrogens (tertiary/aromatic N) is 2. The van der Waals surface area contributed by atoms with E-state index < -0.39 is 11.5 Å². The van der Waals surface area contributed by atoms with Crippen LogP contribution in [0.25, 0.3) is 0 Å². The molecule has 8 heteroatoms. The number of hydrogen-bond acceptors (Lipinski definition) is 5. The number of carbonyl (C=O) groups excluding carboxylic acids is 2. The summed E-state index contributed by atoms with van der Waals surface area (Å²) in [6, 6.07) is -0.651. The summed E-state index contributed by atoms with van der Waals surface area (Å²) in [4.78, 5) is 26.4. The number of nitrogens with two attached hydrogens (primary N) is 1. The Labute approximate surface area is 123 Å². The zero-order valence-corrected chi connectivity index (χ0v) is 12.2. The van der Waals surface area contributed by atoms with E-state index in [1.54, 1.807) is 0 Å². The maximum absolute atomic E-state index is 12.7. The molecule has 1 saturated carbocycles. The van der Waals surface area contributed by atoms with Crippen molar-refractivity contribution in [2.45, 2.75) is 32.2 Å². The van der Waals surface area contributed by atoms with Crippen LogP contribution in [0.5, 0.6) is 0 Å². The largest absolute Gasteiger partial charge is 0.409 e. The van der Waals surface area contributed by atoms with Gasteiger partial charge in [0.05, 0.1) is 13.2 Å².